The number of hydrogen-bond acceptors (Lipinski definition) is 3. The fourth-order valence-corrected chi connectivity index (χ4v) is 1.43. The maximum atomic E-state index is 11.7. The summed E-state index contributed by atoms with van der Waals surface area (Å²) in [5.41, 5.74) is 2.15. The summed E-state index contributed by atoms with van der Waals surface area (Å²) in [6.07, 6.45) is 1.69. The molecule has 0 atom stereocenters. The number of aromatic amines is 1. The van der Waals surface area contributed by atoms with Crippen LogP contribution in [0.3, 0.4) is 0 Å². The number of carbonyl (C=O) groups excluding carboxylic acids is 1. The first-order chi connectivity index (χ1) is 7.25. The monoisotopic (exact) mass is 201 g/mol. The minimum Gasteiger partial charge on any atom is -0.290 e. The average Bonchev–Trinajstić information content (AvgIpc) is 2.70. The van der Waals surface area contributed by atoms with Crippen molar-refractivity contribution in [2.24, 2.45) is 0 Å². The van der Waals surface area contributed by atoms with Gasteiger partial charge in [0.1, 0.15) is 6.33 Å². The highest BCUT2D eigenvalue weighted by molar-refractivity contribution is 5.93. The van der Waals surface area contributed by atoms with Gasteiger partial charge in [-0.05, 0) is 12.5 Å². The SMILES string of the molecule is Cc1cccc(CC(=O)c2ncn[nH]2)c1. The second kappa shape index (κ2) is 4.04. The summed E-state index contributed by atoms with van der Waals surface area (Å²) in [6.45, 7) is 2.00. The molecule has 2 rings (SSSR count). The van der Waals surface area contributed by atoms with Crippen molar-refractivity contribution in [1.29, 1.82) is 0 Å². The molecule has 0 aliphatic heterocycles. The summed E-state index contributed by atoms with van der Waals surface area (Å²) < 4.78 is 0. The lowest BCUT2D eigenvalue weighted by Gasteiger charge is -1.99. The molecule has 1 aromatic carbocycles. The lowest BCUT2D eigenvalue weighted by atomic mass is 10.1. The Balaban J connectivity index is 2.13. The molecule has 1 N–H and O–H groups in total. The van der Waals surface area contributed by atoms with Crippen LogP contribution in [-0.2, 0) is 6.42 Å². The maximum absolute atomic E-state index is 11.7. The summed E-state index contributed by atoms with van der Waals surface area (Å²) in [4.78, 5) is 15.5. The van der Waals surface area contributed by atoms with Crippen LogP contribution in [0.1, 0.15) is 21.7 Å². The van der Waals surface area contributed by atoms with Crippen molar-refractivity contribution in [2.45, 2.75) is 13.3 Å². The summed E-state index contributed by atoms with van der Waals surface area (Å²) in [5, 5.41) is 6.21. The van der Waals surface area contributed by atoms with Gasteiger partial charge >= 0.3 is 0 Å². The largest absolute Gasteiger partial charge is 0.290 e. The van der Waals surface area contributed by atoms with E-state index in [9.17, 15) is 4.79 Å². The van der Waals surface area contributed by atoms with Gasteiger partial charge in [0.2, 0.25) is 5.78 Å². The number of hydrogen-bond donors (Lipinski definition) is 1. The highest BCUT2D eigenvalue weighted by atomic mass is 16.1. The molecule has 0 amide bonds. The molecular weight excluding hydrogens is 190 g/mol. The molecule has 0 saturated carbocycles. The summed E-state index contributed by atoms with van der Waals surface area (Å²) in [7, 11) is 0. The van der Waals surface area contributed by atoms with Gasteiger partial charge in [0.15, 0.2) is 5.82 Å². The first kappa shape index (κ1) is 9.58. The van der Waals surface area contributed by atoms with Gasteiger partial charge in [-0.2, -0.15) is 5.10 Å². The van der Waals surface area contributed by atoms with Crippen LogP contribution in [0.15, 0.2) is 30.6 Å². The fraction of sp³-hybridized carbons (Fsp3) is 0.182. The minimum absolute atomic E-state index is 0.0434. The molecule has 4 nitrogen and oxygen atoms in total. The molecule has 76 valence electrons. The van der Waals surface area contributed by atoms with E-state index in [1.165, 1.54) is 6.33 Å². The fourth-order valence-electron chi connectivity index (χ4n) is 1.43. The van der Waals surface area contributed by atoms with Crippen molar-refractivity contribution >= 4 is 5.78 Å². The summed E-state index contributed by atoms with van der Waals surface area (Å²) in [6, 6.07) is 7.87. The predicted molar refractivity (Wildman–Crippen MR) is 55.6 cm³/mol. The Hall–Kier alpha value is -1.97. The molecule has 0 saturated heterocycles. The van der Waals surface area contributed by atoms with Gasteiger partial charge in [-0.1, -0.05) is 29.8 Å². The Kier molecular flexibility index (Phi) is 2.58. The second-order valence-electron chi connectivity index (χ2n) is 3.42. The molecule has 0 unspecified atom stereocenters. The molecule has 4 heteroatoms. The van der Waals surface area contributed by atoms with Gasteiger partial charge in [-0.15, -0.1) is 0 Å². The van der Waals surface area contributed by atoms with E-state index in [1.807, 2.05) is 31.2 Å². The van der Waals surface area contributed by atoms with Crippen LogP contribution in [0.5, 0.6) is 0 Å². The van der Waals surface area contributed by atoms with Crippen molar-refractivity contribution in [3.8, 4) is 0 Å². The smallest absolute Gasteiger partial charge is 0.203 e. The molecule has 2 aromatic rings. The van der Waals surface area contributed by atoms with E-state index >= 15 is 0 Å². The van der Waals surface area contributed by atoms with Crippen molar-refractivity contribution in [1.82, 2.24) is 15.2 Å². The second-order valence-corrected chi connectivity index (χ2v) is 3.42. The molecule has 1 aromatic heterocycles. The zero-order valence-corrected chi connectivity index (χ0v) is 8.40. The quantitative estimate of drug-likeness (QED) is 0.766. The van der Waals surface area contributed by atoms with Crippen LogP contribution >= 0.6 is 0 Å². The van der Waals surface area contributed by atoms with Gasteiger partial charge in [-0.25, -0.2) is 4.98 Å². The molecule has 0 fully saturated rings. The van der Waals surface area contributed by atoms with Crippen molar-refractivity contribution < 1.29 is 4.79 Å². The Morgan fingerprint density at radius 2 is 2.33 bits per heavy atom. The lowest BCUT2D eigenvalue weighted by Crippen LogP contribution is -2.05. The van der Waals surface area contributed by atoms with E-state index < -0.39 is 0 Å². The van der Waals surface area contributed by atoms with Gasteiger partial charge in [0, 0.05) is 6.42 Å². The van der Waals surface area contributed by atoms with Crippen LogP contribution in [0.2, 0.25) is 0 Å². The molecule has 1 heterocycles. The van der Waals surface area contributed by atoms with Crippen LogP contribution < -0.4 is 0 Å². The van der Waals surface area contributed by atoms with E-state index in [0.717, 1.165) is 11.1 Å². The van der Waals surface area contributed by atoms with Crippen molar-refractivity contribution in [2.75, 3.05) is 0 Å². The topological polar surface area (TPSA) is 58.6 Å². The number of nitrogens with zero attached hydrogens (tertiary/aromatic N) is 2. The molecular formula is C11H11N3O. The highest BCUT2D eigenvalue weighted by Gasteiger charge is 2.09. The third kappa shape index (κ3) is 2.28. The first-order valence-corrected chi connectivity index (χ1v) is 4.70. The van der Waals surface area contributed by atoms with Gasteiger partial charge < -0.3 is 0 Å². The van der Waals surface area contributed by atoms with E-state index in [1.54, 1.807) is 0 Å². The number of benzene rings is 1. The third-order valence-electron chi connectivity index (χ3n) is 2.13. The molecule has 0 aliphatic carbocycles. The Morgan fingerprint density at radius 1 is 1.47 bits per heavy atom. The van der Waals surface area contributed by atoms with Crippen LogP contribution in [0.4, 0.5) is 0 Å². The standard InChI is InChI=1S/C11H11N3O/c1-8-3-2-4-9(5-8)6-10(15)11-12-7-13-14-11/h2-5,7H,6H2,1H3,(H,12,13,14). The van der Waals surface area contributed by atoms with Gasteiger partial charge in [-0.3, -0.25) is 9.89 Å². The Labute approximate surface area is 87.4 Å². The van der Waals surface area contributed by atoms with Crippen LogP contribution in [0.25, 0.3) is 0 Å². The average molecular weight is 201 g/mol. The number of nitrogens with one attached hydrogen (secondary N) is 1. The first-order valence-electron chi connectivity index (χ1n) is 4.70. The normalized spacial score (nSPS) is 10.2. The number of Topliss-reactive ketones (excluding diaryl/α,β-unsaturated/α-hetero) is 1. The maximum Gasteiger partial charge on any atom is 0.203 e. The van der Waals surface area contributed by atoms with Gasteiger partial charge in [0.05, 0.1) is 0 Å². The number of aryl methyl sites for hydroxylation is 1. The van der Waals surface area contributed by atoms with Crippen molar-refractivity contribution in [3.63, 3.8) is 0 Å². The number of H-pyrrole nitrogens is 1. The predicted octanol–water partition coefficient (Wildman–Crippen LogP) is 1.54. The number of carbonyl (C=O) groups is 1. The highest BCUT2D eigenvalue weighted by Crippen LogP contribution is 2.06. The zero-order valence-electron chi connectivity index (χ0n) is 8.40. The Bertz CT molecular complexity index is 462. The van der Waals surface area contributed by atoms with Gasteiger partial charge in [0.25, 0.3) is 0 Å². The minimum atomic E-state index is -0.0434. The van der Waals surface area contributed by atoms with E-state index in [4.69, 9.17) is 0 Å². The molecule has 0 bridgehead atoms. The number of rotatable bonds is 3. The van der Waals surface area contributed by atoms with Crippen LogP contribution in [-0.4, -0.2) is 21.0 Å². The molecule has 0 aliphatic rings. The molecule has 0 spiro atoms. The number of ketones is 1. The molecule has 0 radical (unpaired) electrons. The van der Waals surface area contributed by atoms with E-state index in [2.05, 4.69) is 15.2 Å². The van der Waals surface area contributed by atoms with E-state index in [0.29, 0.717) is 12.2 Å². The summed E-state index contributed by atoms with van der Waals surface area (Å²) in [5.74, 6) is 0.273. The van der Waals surface area contributed by atoms with E-state index in [-0.39, 0.29) is 5.78 Å². The van der Waals surface area contributed by atoms with Crippen molar-refractivity contribution in [3.05, 3.63) is 47.5 Å². The summed E-state index contributed by atoms with van der Waals surface area (Å²) >= 11 is 0. The third-order valence-corrected chi connectivity index (χ3v) is 2.13. The number of aromatic nitrogens is 3. The lowest BCUT2D eigenvalue weighted by molar-refractivity contribution is 0.0983. The Morgan fingerprint density at radius 3 is 3.00 bits per heavy atom. The zero-order chi connectivity index (χ0) is 10.7. The van der Waals surface area contributed by atoms with Crippen LogP contribution in [0, 0.1) is 6.92 Å². The molecule has 15 heavy (non-hydrogen) atoms.